The number of hydrogen-bond donors (Lipinski definition) is 2. The van der Waals surface area contributed by atoms with Crippen LogP contribution in [0.4, 0.5) is 8.78 Å². The predicted molar refractivity (Wildman–Crippen MR) is 87.5 cm³/mol. The first-order valence-electron chi connectivity index (χ1n) is 8.01. The second kappa shape index (κ2) is 10.5. The van der Waals surface area contributed by atoms with Gasteiger partial charge in [-0.05, 0) is 31.4 Å². The maximum absolute atomic E-state index is 13.5. The van der Waals surface area contributed by atoms with Gasteiger partial charge in [-0.25, -0.2) is 13.6 Å². The van der Waals surface area contributed by atoms with Crippen molar-refractivity contribution in [3.8, 4) is 0 Å². The lowest BCUT2D eigenvalue weighted by atomic mass is 10.1. The molecule has 0 spiro atoms. The van der Waals surface area contributed by atoms with Crippen molar-refractivity contribution in [1.29, 1.82) is 0 Å². The monoisotopic (exact) mass is 339 g/mol. The Labute approximate surface area is 140 Å². The van der Waals surface area contributed by atoms with E-state index in [1.165, 1.54) is 6.07 Å². The molecule has 0 bridgehead atoms. The van der Waals surface area contributed by atoms with Crippen molar-refractivity contribution in [3.63, 3.8) is 0 Å². The lowest BCUT2D eigenvalue weighted by molar-refractivity contribution is -0.142. The molecule has 24 heavy (non-hydrogen) atoms. The van der Waals surface area contributed by atoms with Crippen LogP contribution < -0.4 is 5.32 Å². The van der Waals surface area contributed by atoms with Gasteiger partial charge in [0.25, 0.3) is 0 Å². The van der Waals surface area contributed by atoms with E-state index in [0.29, 0.717) is 6.42 Å². The van der Waals surface area contributed by atoms with Crippen LogP contribution in [-0.4, -0.2) is 23.0 Å². The van der Waals surface area contributed by atoms with Crippen molar-refractivity contribution in [2.24, 2.45) is 0 Å². The number of carbonyl (C=O) groups is 2. The normalized spacial score (nSPS) is 11.8. The number of aliphatic carboxylic acids is 1. The molecule has 1 atom stereocenters. The summed E-state index contributed by atoms with van der Waals surface area (Å²) in [6.07, 6.45) is 6.00. The van der Waals surface area contributed by atoms with Crippen LogP contribution in [0.15, 0.2) is 30.9 Å². The largest absolute Gasteiger partial charge is 0.480 e. The molecule has 0 aliphatic carbocycles. The zero-order valence-electron chi connectivity index (χ0n) is 13.6. The highest BCUT2D eigenvalue weighted by atomic mass is 19.1. The zero-order valence-corrected chi connectivity index (χ0v) is 13.6. The van der Waals surface area contributed by atoms with Gasteiger partial charge in [-0.3, -0.25) is 4.79 Å². The molecule has 0 aliphatic rings. The summed E-state index contributed by atoms with van der Waals surface area (Å²) in [6.45, 7) is 3.63. The third-order valence-corrected chi connectivity index (χ3v) is 3.68. The predicted octanol–water partition coefficient (Wildman–Crippen LogP) is 3.60. The summed E-state index contributed by atoms with van der Waals surface area (Å²) in [7, 11) is 0. The van der Waals surface area contributed by atoms with E-state index in [0.717, 1.165) is 37.8 Å². The Balaban J connectivity index is 2.48. The van der Waals surface area contributed by atoms with Crippen LogP contribution in [-0.2, 0) is 16.0 Å². The highest BCUT2D eigenvalue weighted by Gasteiger charge is 2.21. The minimum Gasteiger partial charge on any atom is -0.480 e. The van der Waals surface area contributed by atoms with E-state index >= 15 is 0 Å². The fourth-order valence-electron chi connectivity index (χ4n) is 2.36. The molecule has 0 saturated heterocycles. The number of amides is 1. The Morgan fingerprint density at radius 3 is 2.38 bits per heavy atom. The molecule has 0 aromatic heterocycles. The first-order chi connectivity index (χ1) is 11.5. The summed E-state index contributed by atoms with van der Waals surface area (Å²) in [6, 6.07) is 2.28. The zero-order chi connectivity index (χ0) is 17.9. The van der Waals surface area contributed by atoms with Gasteiger partial charge in [0, 0.05) is 5.56 Å². The fraction of sp³-hybridized carbons (Fsp3) is 0.444. The van der Waals surface area contributed by atoms with Crippen molar-refractivity contribution >= 4 is 11.9 Å². The molecule has 0 fully saturated rings. The van der Waals surface area contributed by atoms with Crippen LogP contribution in [0.2, 0.25) is 0 Å². The highest BCUT2D eigenvalue weighted by molar-refractivity contribution is 5.84. The number of carboxylic acids is 1. The summed E-state index contributed by atoms with van der Waals surface area (Å²) in [5.74, 6) is -3.50. The van der Waals surface area contributed by atoms with Crippen LogP contribution in [0, 0.1) is 11.6 Å². The van der Waals surface area contributed by atoms with E-state index in [4.69, 9.17) is 5.11 Å². The van der Waals surface area contributed by atoms with Gasteiger partial charge < -0.3 is 10.4 Å². The topological polar surface area (TPSA) is 66.4 Å². The molecule has 1 aromatic carbocycles. The van der Waals surface area contributed by atoms with Gasteiger partial charge in [-0.1, -0.05) is 31.4 Å². The second-order valence-electron chi connectivity index (χ2n) is 5.62. The summed E-state index contributed by atoms with van der Waals surface area (Å²) >= 11 is 0. The van der Waals surface area contributed by atoms with E-state index in [9.17, 15) is 18.4 Å². The Morgan fingerprint density at radius 1 is 1.17 bits per heavy atom. The third kappa shape index (κ3) is 6.89. The van der Waals surface area contributed by atoms with Crippen molar-refractivity contribution < 1.29 is 23.5 Å². The summed E-state index contributed by atoms with van der Waals surface area (Å²) in [4.78, 5) is 23.1. The number of carboxylic acid groups (broad SMARTS) is 1. The lowest BCUT2D eigenvalue weighted by Crippen LogP contribution is -2.41. The van der Waals surface area contributed by atoms with E-state index in [-0.39, 0.29) is 12.0 Å². The van der Waals surface area contributed by atoms with Gasteiger partial charge in [-0.15, -0.1) is 6.58 Å². The molecule has 0 radical (unpaired) electrons. The molecular formula is C18H23F2NO3. The van der Waals surface area contributed by atoms with Crippen LogP contribution in [0.5, 0.6) is 0 Å². The Kier molecular flexibility index (Phi) is 8.68. The number of unbranched alkanes of at least 4 members (excludes halogenated alkanes) is 4. The summed E-state index contributed by atoms with van der Waals surface area (Å²) in [5, 5.41) is 11.5. The van der Waals surface area contributed by atoms with Gasteiger partial charge >= 0.3 is 5.97 Å². The molecule has 0 saturated carbocycles. The van der Waals surface area contributed by atoms with Crippen LogP contribution in [0.1, 0.15) is 44.1 Å². The minimum absolute atomic E-state index is 0.287. The van der Waals surface area contributed by atoms with Crippen LogP contribution in [0.3, 0.4) is 0 Å². The average molecular weight is 339 g/mol. The molecule has 4 nitrogen and oxygen atoms in total. The summed E-state index contributed by atoms with van der Waals surface area (Å²) < 4.78 is 27.0. The fourth-order valence-corrected chi connectivity index (χ4v) is 2.36. The van der Waals surface area contributed by atoms with E-state index < -0.39 is 36.0 Å². The van der Waals surface area contributed by atoms with Crippen molar-refractivity contribution in [2.75, 3.05) is 0 Å². The molecule has 0 aliphatic heterocycles. The van der Waals surface area contributed by atoms with Gasteiger partial charge in [0.05, 0.1) is 6.42 Å². The van der Waals surface area contributed by atoms with Gasteiger partial charge in [0.2, 0.25) is 5.91 Å². The van der Waals surface area contributed by atoms with E-state index in [1.54, 1.807) is 0 Å². The van der Waals surface area contributed by atoms with Crippen molar-refractivity contribution in [3.05, 3.63) is 48.1 Å². The maximum atomic E-state index is 13.5. The number of hydrogen-bond acceptors (Lipinski definition) is 2. The third-order valence-electron chi connectivity index (χ3n) is 3.68. The first kappa shape index (κ1) is 19.8. The number of nitrogens with one attached hydrogen (secondary N) is 1. The minimum atomic E-state index is -1.15. The van der Waals surface area contributed by atoms with Crippen molar-refractivity contribution in [2.45, 2.75) is 51.0 Å². The molecule has 132 valence electrons. The molecule has 1 rings (SSSR count). The van der Waals surface area contributed by atoms with Crippen LogP contribution in [0.25, 0.3) is 0 Å². The second-order valence-corrected chi connectivity index (χ2v) is 5.62. The molecule has 0 heterocycles. The van der Waals surface area contributed by atoms with Gasteiger partial charge in [0.1, 0.15) is 17.7 Å². The Morgan fingerprint density at radius 2 is 1.79 bits per heavy atom. The van der Waals surface area contributed by atoms with Crippen LogP contribution >= 0.6 is 0 Å². The molecule has 6 heteroatoms. The number of halogens is 2. The average Bonchev–Trinajstić information content (AvgIpc) is 2.53. The molecule has 1 amide bonds. The molecule has 0 unspecified atom stereocenters. The summed E-state index contributed by atoms with van der Waals surface area (Å²) in [5.41, 5.74) is -0.358. The van der Waals surface area contributed by atoms with E-state index in [2.05, 4.69) is 11.9 Å². The molecule has 2 N–H and O–H groups in total. The molecular weight excluding hydrogens is 316 g/mol. The first-order valence-corrected chi connectivity index (χ1v) is 8.01. The SMILES string of the molecule is C=CCCCCCC[C@H](NC(=O)Cc1c(F)cccc1F)C(=O)O. The Hall–Kier alpha value is -2.24. The quantitative estimate of drug-likeness (QED) is 0.478. The lowest BCUT2D eigenvalue weighted by Gasteiger charge is -2.15. The molecule has 1 aromatic rings. The highest BCUT2D eigenvalue weighted by Crippen LogP contribution is 2.13. The van der Waals surface area contributed by atoms with Crippen molar-refractivity contribution in [1.82, 2.24) is 5.32 Å². The number of benzene rings is 1. The van der Waals surface area contributed by atoms with E-state index in [1.807, 2.05) is 6.08 Å². The Bertz CT molecular complexity index is 555. The maximum Gasteiger partial charge on any atom is 0.326 e. The standard InChI is InChI=1S/C18H23F2NO3/c1-2-3-4-5-6-7-11-16(18(23)24)21-17(22)12-13-14(19)9-8-10-15(13)20/h2,8-10,16H,1,3-7,11-12H2,(H,21,22)(H,23,24)/t16-/m0/s1. The van der Waals surface area contributed by atoms with Gasteiger partial charge in [0.15, 0.2) is 0 Å². The van der Waals surface area contributed by atoms with Gasteiger partial charge in [-0.2, -0.15) is 0 Å². The number of rotatable bonds is 11. The number of carbonyl (C=O) groups excluding carboxylic acids is 1. The number of allylic oxidation sites excluding steroid dienone is 1. The smallest absolute Gasteiger partial charge is 0.326 e.